The van der Waals surface area contributed by atoms with E-state index in [1.807, 2.05) is 12.1 Å². The molecule has 0 unspecified atom stereocenters. The molecule has 0 saturated heterocycles. The fraction of sp³-hybridized carbons (Fsp3) is 0.188. The van der Waals surface area contributed by atoms with Crippen molar-refractivity contribution in [2.45, 2.75) is 19.3 Å². The first kappa shape index (κ1) is 17.2. The third-order valence-corrected chi connectivity index (χ3v) is 3.57. The van der Waals surface area contributed by atoms with Gasteiger partial charge in [0.1, 0.15) is 0 Å². The fourth-order valence-corrected chi connectivity index (χ4v) is 2.22. The lowest BCUT2D eigenvalue weighted by Crippen LogP contribution is -2.08. The van der Waals surface area contributed by atoms with Crippen LogP contribution in [-0.4, -0.2) is 21.8 Å². The summed E-state index contributed by atoms with van der Waals surface area (Å²) in [6.07, 6.45) is 2.68. The van der Waals surface area contributed by atoms with Crippen LogP contribution in [0.4, 0.5) is 5.69 Å². The molecule has 2 N–H and O–H groups in total. The van der Waals surface area contributed by atoms with E-state index in [9.17, 15) is 4.79 Å². The maximum Gasteiger partial charge on any atom is 0.303 e. The molecule has 0 bridgehead atoms. The molecule has 120 valence electrons. The van der Waals surface area contributed by atoms with Gasteiger partial charge in [0.15, 0.2) is 0 Å². The number of nitrogens with one attached hydrogen (secondary N) is 1. The molecule has 23 heavy (non-hydrogen) atoms. The minimum absolute atomic E-state index is 0.0732. The summed E-state index contributed by atoms with van der Waals surface area (Å²) < 4.78 is 0. The van der Waals surface area contributed by atoms with Crippen molar-refractivity contribution < 1.29 is 9.90 Å². The van der Waals surface area contributed by atoms with Crippen molar-refractivity contribution in [3.63, 3.8) is 0 Å². The molecule has 2 aromatic rings. The van der Waals surface area contributed by atoms with Gasteiger partial charge in [0.05, 0.1) is 22.1 Å². The van der Waals surface area contributed by atoms with Gasteiger partial charge in [0, 0.05) is 17.6 Å². The van der Waals surface area contributed by atoms with Gasteiger partial charge in [-0.15, -0.1) is 0 Å². The summed E-state index contributed by atoms with van der Waals surface area (Å²) in [7, 11) is 0. The standard InChI is InChI=1S/C16H15Cl2N3O2/c17-11-7-8-12(18)15(10-11)21-20-14(5-3-6-16(22)23)13-4-1-2-9-19-13/h1-2,4,7-10,21H,3,5-6H2,(H,22,23). The van der Waals surface area contributed by atoms with Crippen LogP contribution in [0.5, 0.6) is 0 Å². The third-order valence-electron chi connectivity index (χ3n) is 3.00. The van der Waals surface area contributed by atoms with Gasteiger partial charge >= 0.3 is 5.97 Å². The smallest absolute Gasteiger partial charge is 0.303 e. The summed E-state index contributed by atoms with van der Waals surface area (Å²) in [4.78, 5) is 14.9. The van der Waals surface area contributed by atoms with E-state index in [0.29, 0.717) is 40.0 Å². The number of rotatable bonds is 7. The molecule has 0 radical (unpaired) electrons. The zero-order valence-electron chi connectivity index (χ0n) is 12.2. The number of hydrazone groups is 1. The van der Waals surface area contributed by atoms with Gasteiger partial charge in [-0.05, 0) is 43.2 Å². The Hall–Kier alpha value is -2.11. The maximum absolute atomic E-state index is 10.7. The zero-order valence-corrected chi connectivity index (χ0v) is 13.7. The van der Waals surface area contributed by atoms with Crippen LogP contribution in [0.1, 0.15) is 25.0 Å². The molecule has 0 atom stereocenters. The molecule has 0 aliphatic heterocycles. The summed E-state index contributed by atoms with van der Waals surface area (Å²) in [5.41, 5.74) is 4.79. The quantitative estimate of drug-likeness (QED) is 0.570. The van der Waals surface area contributed by atoms with Crippen molar-refractivity contribution in [1.82, 2.24) is 4.98 Å². The third kappa shape index (κ3) is 5.54. The lowest BCUT2D eigenvalue weighted by molar-refractivity contribution is -0.137. The molecule has 0 amide bonds. The van der Waals surface area contributed by atoms with Crippen LogP contribution in [0.2, 0.25) is 10.0 Å². The molecule has 1 aromatic carbocycles. The summed E-state index contributed by atoms with van der Waals surface area (Å²) >= 11 is 12.0. The largest absolute Gasteiger partial charge is 0.481 e. The highest BCUT2D eigenvalue weighted by molar-refractivity contribution is 6.35. The van der Waals surface area contributed by atoms with E-state index in [4.69, 9.17) is 28.3 Å². The Balaban J connectivity index is 2.18. The van der Waals surface area contributed by atoms with E-state index in [1.165, 1.54) is 0 Å². The Labute approximate surface area is 144 Å². The lowest BCUT2D eigenvalue weighted by atomic mass is 10.1. The lowest BCUT2D eigenvalue weighted by Gasteiger charge is -2.08. The van der Waals surface area contributed by atoms with E-state index in [1.54, 1.807) is 30.5 Å². The Bertz CT molecular complexity index is 706. The van der Waals surface area contributed by atoms with Gasteiger partial charge in [-0.2, -0.15) is 5.10 Å². The monoisotopic (exact) mass is 351 g/mol. The van der Waals surface area contributed by atoms with E-state index < -0.39 is 5.97 Å². The van der Waals surface area contributed by atoms with Crippen LogP contribution >= 0.6 is 23.2 Å². The minimum Gasteiger partial charge on any atom is -0.481 e. The molecule has 0 fully saturated rings. The molecule has 2 rings (SSSR count). The molecule has 1 aromatic heterocycles. The first-order chi connectivity index (χ1) is 11.1. The van der Waals surface area contributed by atoms with Crippen molar-refractivity contribution >= 4 is 40.6 Å². The highest BCUT2D eigenvalue weighted by atomic mass is 35.5. The highest BCUT2D eigenvalue weighted by Crippen LogP contribution is 2.25. The SMILES string of the molecule is O=C(O)CCCC(=NNc1cc(Cl)ccc1Cl)c1ccccn1. The number of nitrogens with zero attached hydrogens (tertiary/aromatic N) is 2. The van der Waals surface area contributed by atoms with Gasteiger partial charge in [-0.25, -0.2) is 0 Å². The number of carboxylic acids is 1. The molecule has 7 heteroatoms. The van der Waals surface area contributed by atoms with Gasteiger partial charge in [0.25, 0.3) is 0 Å². The number of carboxylic acid groups (broad SMARTS) is 1. The molecule has 0 spiro atoms. The first-order valence-electron chi connectivity index (χ1n) is 6.97. The van der Waals surface area contributed by atoms with Crippen molar-refractivity contribution in [3.8, 4) is 0 Å². The van der Waals surface area contributed by atoms with Crippen molar-refractivity contribution in [2.24, 2.45) is 5.10 Å². The van der Waals surface area contributed by atoms with E-state index in [0.717, 1.165) is 0 Å². The van der Waals surface area contributed by atoms with Gasteiger partial charge in [-0.3, -0.25) is 15.2 Å². The summed E-state index contributed by atoms with van der Waals surface area (Å²) in [6.45, 7) is 0. The van der Waals surface area contributed by atoms with E-state index >= 15 is 0 Å². The Morgan fingerprint density at radius 2 is 2.04 bits per heavy atom. The topological polar surface area (TPSA) is 74.6 Å². The van der Waals surface area contributed by atoms with Crippen LogP contribution < -0.4 is 5.43 Å². The number of aliphatic carboxylic acids is 1. The van der Waals surface area contributed by atoms with Gasteiger partial charge < -0.3 is 5.11 Å². The molecule has 0 aliphatic carbocycles. The number of hydrogen-bond donors (Lipinski definition) is 2. The predicted octanol–water partition coefficient (Wildman–Crippen LogP) is 4.46. The molecular weight excluding hydrogens is 337 g/mol. The first-order valence-corrected chi connectivity index (χ1v) is 7.72. The molecular formula is C16H15Cl2N3O2. The molecule has 5 nitrogen and oxygen atoms in total. The zero-order chi connectivity index (χ0) is 16.7. The van der Waals surface area contributed by atoms with Crippen LogP contribution in [0.15, 0.2) is 47.7 Å². The summed E-state index contributed by atoms with van der Waals surface area (Å²) in [5.74, 6) is -0.837. The number of halogens is 2. The van der Waals surface area contributed by atoms with Crippen LogP contribution in [-0.2, 0) is 4.79 Å². The molecule has 0 saturated carbocycles. The van der Waals surface area contributed by atoms with E-state index in [2.05, 4.69) is 15.5 Å². The Kier molecular flexibility index (Phi) is 6.38. The summed E-state index contributed by atoms with van der Waals surface area (Å²) in [5, 5.41) is 14.1. The molecule has 1 heterocycles. The van der Waals surface area contributed by atoms with Crippen molar-refractivity contribution in [2.75, 3.05) is 5.43 Å². The van der Waals surface area contributed by atoms with Crippen molar-refractivity contribution in [3.05, 3.63) is 58.3 Å². The minimum atomic E-state index is -0.837. The molecule has 0 aliphatic rings. The normalized spacial score (nSPS) is 11.3. The second-order valence-electron chi connectivity index (χ2n) is 4.76. The summed E-state index contributed by atoms with van der Waals surface area (Å²) in [6, 6.07) is 10.5. The fourth-order valence-electron chi connectivity index (χ4n) is 1.89. The number of hydrogen-bond acceptors (Lipinski definition) is 4. The highest BCUT2D eigenvalue weighted by Gasteiger charge is 2.08. The number of carbonyl (C=O) groups is 1. The number of pyridine rings is 1. The van der Waals surface area contributed by atoms with Gasteiger partial charge in [-0.1, -0.05) is 29.3 Å². The second kappa shape index (κ2) is 8.50. The average Bonchev–Trinajstić information content (AvgIpc) is 2.54. The van der Waals surface area contributed by atoms with Crippen LogP contribution in [0, 0.1) is 0 Å². The Morgan fingerprint density at radius 3 is 2.74 bits per heavy atom. The van der Waals surface area contributed by atoms with Crippen molar-refractivity contribution in [1.29, 1.82) is 0 Å². The van der Waals surface area contributed by atoms with E-state index in [-0.39, 0.29) is 6.42 Å². The number of anilines is 1. The van der Waals surface area contributed by atoms with Gasteiger partial charge in [0.2, 0.25) is 0 Å². The number of benzene rings is 1. The number of aromatic nitrogens is 1. The predicted molar refractivity (Wildman–Crippen MR) is 92.3 cm³/mol. The maximum atomic E-state index is 10.7. The Morgan fingerprint density at radius 1 is 1.22 bits per heavy atom. The van der Waals surface area contributed by atoms with Crippen LogP contribution in [0.25, 0.3) is 0 Å². The average molecular weight is 352 g/mol. The second-order valence-corrected chi connectivity index (χ2v) is 5.60. The van der Waals surface area contributed by atoms with Crippen LogP contribution in [0.3, 0.4) is 0 Å².